The Hall–Kier alpha value is -0.330. The zero-order chi connectivity index (χ0) is 9.42. The van der Waals surface area contributed by atoms with Crippen LogP contribution in [0.5, 0.6) is 0 Å². The molecule has 0 amide bonds. The lowest BCUT2D eigenvalue weighted by atomic mass is 9.76. The van der Waals surface area contributed by atoms with Gasteiger partial charge in [-0.2, -0.15) is 0 Å². The average Bonchev–Trinajstić information content (AvgIpc) is 2.83. The van der Waals surface area contributed by atoms with Crippen molar-refractivity contribution in [1.29, 1.82) is 0 Å². The molecule has 2 rings (SSSR count). The van der Waals surface area contributed by atoms with Gasteiger partial charge in [0.2, 0.25) is 0 Å². The molecule has 0 spiro atoms. The highest BCUT2D eigenvalue weighted by molar-refractivity contribution is 5.84. The minimum Gasteiger partial charge on any atom is -0.299 e. The Bertz CT molecular complexity index is 209. The topological polar surface area (TPSA) is 17.1 Å². The molecule has 0 aromatic carbocycles. The fraction of sp³-hybridized carbons (Fsp3) is 0.917. The third-order valence-corrected chi connectivity index (χ3v) is 4.02. The van der Waals surface area contributed by atoms with Gasteiger partial charge in [-0.15, -0.1) is 0 Å². The van der Waals surface area contributed by atoms with E-state index in [4.69, 9.17) is 0 Å². The first-order valence-electron chi connectivity index (χ1n) is 5.77. The number of carbonyl (C=O) groups is 1. The molecule has 1 heteroatoms. The minimum absolute atomic E-state index is 0.409. The van der Waals surface area contributed by atoms with E-state index in [9.17, 15) is 4.79 Å². The largest absolute Gasteiger partial charge is 0.299 e. The summed E-state index contributed by atoms with van der Waals surface area (Å²) in [5.41, 5.74) is 0. The van der Waals surface area contributed by atoms with Crippen LogP contribution in [0.1, 0.15) is 46.0 Å². The summed E-state index contributed by atoms with van der Waals surface area (Å²) in [4.78, 5) is 12.0. The second-order valence-corrected chi connectivity index (χ2v) is 4.92. The molecular formula is C12H20O. The number of ketones is 1. The molecule has 74 valence electrons. The van der Waals surface area contributed by atoms with E-state index < -0.39 is 0 Å². The van der Waals surface area contributed by atoms with Crippen LogP contribution in [0.2, 0.25) is 0 Å². The van der Waals surface area contributed by atoms with Gasteiger partial charge in [-0.25, -0.2) is 0 Å². The van der Waals surface area contributed by atoms with Crippen LogP contribution in [-0.4, -0.2) is 5.78 Å². The third kappa shape index (κ3) is 1.66. The van der Waals surface area contributed by atoms with Gasteiger partial charge in [0.1, 0.15) is 5.78 Å². The van der Waals surface area contributed by atoms with Crippen molar-refractivity contribution >= 4 is 5.78 Å². The Morgan fingerprint density at radius 2 is 2.08 bits per heavy atom. The van der Waals surface area contributed by atoms with Gasteiger partial charge in [-0.3, -0.25) is 4.79 Å². The molecule has 1 nitrogen and oxygen atoms in total. The molecule has 4 unspecified atom stereocenters. The summed E-state index contributed by atoms with van der Waals surface area (Å²) < 4.78 is 0. The van der Waals surface area contributed by atoms with Gasteiger partial charge >= 0.3 is 0 Å². The van der Waals surface area contributed by atoms with E-state index in [1.165, 1.54) is 19.3 Å². The van der Waals surface area contributed by atoms with E-state index in [-0.39, 0.29) is 0 Å². The molecule has 13 heavy (non-hydrogen) atoms. The number of Topliss-reactive ketones (excluding diaryl/α,β-unsaturated/α-hetero) is 1. The Labute approximate surface area is 80.9 Å². The van der Waals surface area contributed by atoms with E-state index in [2.05, 4.69) is 13.8 Å². The van der Waals surface area contributed by atoms with E-state index in [0.29, 0.717) is 17.6 Å². The van der Waals surface area contributed by atoms with Crippen LogP contribution in [0.15, 0.2) is 0 Å². The van der Waals surface area contributed by atoms with Gasteiger partial charge in [-0.05, 0) is 37.5 Å². The summed E-state index contributed by atoms with van der Waals surface area (Å²) in [5.74, 6) is 3.06. The van der Waals surface area contributed by atoms with E-state index in [1.807, 2.05) is 0 Å². The minimum atomic E-state index is 0.409. The van der Waals surface area contributed by atoms with Crippen molar-refractivity contribution in [2.45, 2.75) is 46.0 Å². The summed E-state index contributed by atoms with van der Waals surface area (Å²) in [5, 5.41) is 0. The van der Waals surface area contributed by atoms with Gasteiger partial charge < -0.3 is 0 Å². The molecule has 0 radical (unpaired) electrons. The molecular weight excluding hydrogens is 160 g/mol. The normalized spacial score (nSPS) is 44.9. The van der Waals surface area contributed by atoms with Gasteiger partial charge in [0.15, 0.2) is 0 Å². The fourth-order valence-electron chi connectivity index (χ4n) is 2.91. The zero-order valence-electron chi connectivity index (χ0n) is 8.75. The SMILES string of the molecule is CCC1CCCC(C2CC2C)C1=O. The molecule has 0 bridgehead atoms. The molecule has 2 fully saturated rings. The third-order valence-electron chi connectivity index (χ3n) is 4.02. The second-order valence-electron chi connectivity index (χ2n) is 4.92. The van der Waals surface area contributed by atoms with Crippen molar-refractivity contribution < 1.29 is 4.79 Å². The predicted molar refractivity (Wildman–Crippen MR) is 53.4 cm³/mol. The number of hydrogen-bond donors (Lipinski definition) is 0. The molecule has 0 heterocycles. The maximum Gasteiger partial charge on any atom is 0.139 e. The van der Waals surface area contributed by atoms with Crippen LogP contribution >= 0.6 is 0 Å². The Balaban J connectivity index is 1.99. The van der Waals surface area contributed by atoms with Crippen molar-refractivity contribution in [3.63, 3.8) is 0 Å². The lowest BCUT2D eigenvalue weighted by Crippen LogP contribution is -2.29. The predicted octanol–water partition coefficient (Wildman–Crippen LogP) is 3.04. The summed E-state index contributed by atoms with van der Waals surface area (Å²) in [6.07, 6.45) is 6.01. The molecule has 0 aromatic heterocycles. The lowest BCUT2D eigenvalue weighted by molar-refractivity contribution is -0.130. The monoisotopic (exact) mass is 180 g/mol. The maximum atomic E-state index is 12.0. The van der Waals surface area contributed by atoms with Crippen LogP contribution in [0.3, 0.4) is 0 Å². The van der Waals surface area contributed by atoms with Crippen molar-refractivity contribution in [1.82, 2.24) is 0 Å². The van der Waals surface area contributed by atoms with Crippen molar-refractivity contribution in [3.05, 3.63) is 0 Å². The van der Waals surface area contributed by atoms with E-state index >= 15 is 0 Å². The van der Waals surface area contributed by atoms with E-state index in [0.717, 1.165) is 24.7 Å². The average molecular weight is 180 g/mol. The number of carbonyl (C=O) groups excluding carboxylic acids is 1. The quantitative estimate of drug-likeness (QED) is 0.638. The summed E-state index contributed by atoms with van der Waals surface area (Å²) in [6.45, 7) is 4.44. The molecule has 0 N–H and O–H groups in total. The first-order valence-corrected chi connectivity index (χ1v) is 5.77. The van der Waals surface area contributed by atoms with Crippen LogP contribution in [-0.2, 0) is 4.79 Å². The molecule has 0 aliphatic heterocycles. The van der Waals surface area contributed by atoms with Crippen LogP contribution in [0.4, 0.5) is 0 Å². The Kier molecular flexibility index (Phi) is 2.44. The maximum absolute atomic E-state index is 12.0. The van der Waals surface area contributed by atoms with Crippen LogP contribution in [0.25, 0.3) is 0 Å². The number of rotatable bonds is 2. The van der Waals surface area contributed by atoms with Crippen LogP contribution < -0.4 is 0 Å². The summed E-state index contributed by atoms with van der Waals surface area (Å²) in [7, 11) is 0. The second kappa shape index (κ2) is 3.43. The zero-order valence-corrected chi connectivity index (χ0v) is 8.75. The molecule has 2 aliphatic carbocycles. The fourth-order valence-corrected chi connectivity index (χ4v) is 2.91. The van der Waals surface area contributed by atoms with Gasteiger partial charge in [-0.1, -0.05) is 20.3 Å². The lowest BCUT2D eigenvalue weighted by Gasteiger charge is -2.27. The summed E-state index contributed by atoms with van der Waals surface area (Å²) >= 11 is 0. The molecule has 2 aliphatic rings. The molecule has 0 aromatic rings. The number of hydrogen-bond acceptors (Lipinski definition) is 1. The highest BCUT2D eigenvalue weighted by Crippen LogP contribution is 2.48. The smallest absolute Gasteiger partial charge is 0.139 e. The Morgan fingerprint density at radius 3 is 2.62 bits per heavy atom. The Morgan fingerprint density at radius 1 is 1.38 bits per heavy atom. The van der Waals surface area contributed by atoms with Crippen LogP contribution in [0, 0.1) is 23.7 Å². The molecule has 2 saturated carbocycles. The van der Waals surface area contributed by atoms with Crippen molar-refractivity contribution in [3.8, 4) is 0 Å². The van der Waals surface area contributed by atoms with Gasteiger partial charge in [0, 0.05) is 11.8 Å². The highest BCUT2D eigenvalue weighted by atomic mass is 16.1. The van der Waals surface area contributed by atoms with Gasteiger partial charge in [0.25, 0.3) is 0 Å². The van der Waals surface area contributed by atoms with Gasteiger partial charge in [0.05, 0.1) is 0 Å². The first-order chi connectivity index (χ1) is 6.24. The first kappa shape index (κ1) is 9.23. The van der Waals surface area contributed by atoms with Crippen molar-refractivity contribution in [2.75, 3.05) is 0 Å². The molecule has 0 saturated heterocycles. The highest BCUT2D eigenvalue weighted by Gasteiger charge is 2.45. The summed E-state index contributed by atoms with van der Waals surface area (Å²) in [6, 6.07) is 0. The van der Waals surface area contributed by atoms with E-state index in [1.54, 1.807) is 0 Å². The molecule has 4 atom stereocenters. The van der Waals surface area contributed by atoms with Crippen molar-refractivity contribution in [2.24, 2.45) is 23.7 Å². The standard InChI is InChI=1S/C12H20O/c1-3-9-5-4-6-10(12(9)13)11-7-8(11)2/h8-11H,3-7H2,1-2H3.